The molecule has 1 amide bonds. The molecule has 3 fully saturated rings. The monoisotopic (exact) mass is 286 g/mol. The molecule has 0 spiro atoms. The summed E-state index contributed by atoms with van der Waals surface area (Å²) in [5.74, 6) is 2.83. The predicted octanol–water partition coefficient (Wildman–Crippen LogP) is 2.45. The Morgan fingerprint density at radius 3 is 2.37 bits per heavy atom. The molecule has 0 aromatic heterocycles. The van der Waals surface area contributed by atoms with Gasteiger partial charge in [0.15, 0.2) is 0 Å². The van der Waals surface area contributed by atoms with Gasteiger partial charge in [-0.3, -0.25) is 4.79 Å². The Labute approximate surface area is 122 Å². The van der Waals surface area contributed by atoms with Crippen molar-refractivity contribution in [3.05, 3.63) is 0 Å². The molecular formula is C15H27ClN2O. The highest BCUT2D eigenvalue weighted by Crippen LogP contribution is 2.30. The van der Waals surface area contributed by atoms with E-state index < -0.39 is 0 Å². The van der Waals surface area contributed by atoms with E-state index in [9.17, 15) is 4.79 Å². The van der Waals surface area contributed by atoms with Crippen molar-refractivity contribution in [3.63, 3.8) is 0 Å². The lowest BCUT2D eigenvalue weighted by atomic mass is 10.0. The van der Waals surface area contributed by atoms with Crippen LogP contribution in [0.4, 0.5) is 0 Å². The third kappa shape index (κ3) is 3.63. The smallest absolute Gasteiger partial charge is 0.222 e. The van der Waals surface area contributed by atoms with E-state index >= 15 is 0 Å². The maximum atomic E-state index is 12.2. The Morgan fingerprint density at radius 2 is 1.74 bits per heavy atom. The van der Waals surface area contributed by atoms with Crippen LogP contribution >= 0.6 is 12.4 Å². The van der Waals surface area contributed by atoms with Gasteiger partial charge in [0, 0.05) is 32.6 Å². The second-order valence-corrected chi connectivity index (χ2v) is 6.52. The first-order valence-corrected chi connectivity index (χ1v) is 7.81. The van der Waals surface area contributed by atoms with Crippen LogP contribution in [0.25, 0.3) is 0 Å². The topological polar surface area (TPSA) is 32.3 Å². The lowest BCUT2D eigenvalue weighted by Gasteiger charge is -2.18. The molecule has 0 aromatic rings. The molecule has 0 bridgehead atoms. The first-order valence-electron chi connectivity index (χ1n) is 7.81. The quantitative estimate of drug-likeness (QED) is 0.861. The largest absolute Gasteiger partial charge is 0.342 e. The summed E-state index contributed by atoms with van der Waals surface area (Å²) in [6, 6.07) is 0. The highest BCUT2D eigenvalue weighted by Gasteiger charge is 2.37. The molecule has 2 aliphatic heterocycles. The summed E-state index contributed by atoms with van der Waals surface area (Å²) in [7, 11) is 0. The van der Waals surface area contributed by atoms with Crippen molar-refractivity contribution in [2.24, 2.45) is 17.8 Å². The number of hydrogen-bond acceptors (Lipinski definition) is 2. The van der Waals surface area contributed by atoms with E-state index in [0.29, 0.717) is 5.91 Å². The van der Waals surface area contributed by atoms with Crippen molar-refractivity contribution in [1.29, 1.82) is 0 Å². The number of halogens is 1. The van der Waals surface area contributed by atoms with Crippen molar-refractivity contribution in [3.8, 4) is 0 Å². The summed E-state index contributed by atoms with van der Waals surface area (Å²) < 4.78 is 0. The number of nitrogens with one attached hydrogen (secondary N) is 1. The van der Waals surface area contributed by atoms with Crippen molar-refractivity contribution >= 4 is 18.3 Å². The van der Waals surface area contributed by atoms with Gasteiger partial charge in [-0.1, -0.05) is 25.7 Å². The summed E-state index contributed by atoms with van der Waals surface area (Å²) in [5.41, 5.74) is 0. The lowest BCUT2D eigenvalue weighted by Crippen LogP contribution is -2.31. The van der Waals surface area contributed by atoms with Gasteiger partial charge in [0.2, 0.25) is 5.91 Å². The molecule has 2 saturated heterocycles. The van der Waals surface area contributed by atoms with Crippen LogP contribution in [-0.4, -0.2) is 37.0 Å². The molecule has 0 aromatic carbocycles. The molecule has 0 unspecified atom stereocenters. The number of carbonyl (C=O) groups excluding carboxylic acids is 1. The van der Waals surface area contributed by atoms with Gasteiger partial charge in [-0.15, -0.1) is 12.4 Å². The molecule has 3 aliphatic rings. The first-order chi connectivity index (χ1) is 8.83. The molecule has 19 heavy (non-hydrogen) atoms. The number of amides is 1. The number of fused-ring (bicyclic) bond motifs is 1. The van der Waals surface area contributed by atoms with Crippen LogP contribution in [0.15, 0.2) is 0 Å². The van der Waals surface area contributed by atoms with Crippen molar-refractivity contribution in [2.75, 3.05) is 26.2 Å². The first kappa shape index (κ1) is 15.1. The molecule has 1 saturated carbocycles. The summed E-state index contributed by atoms with van der Waals surface area (Å²) in [4.78, 5) is 14.3. The zero-order chi connectivity index (χ0) is 12.4. The van der Waals surface area contributed by atoms with Gasteiger partial charge in [0.1, 0.15) is 0 Å². The van der Waals surface area contributed by atoms with Crippen LogP contribution in [0.5, 0.6) is 0 Å². The SMILES string of the molecule is Cl.O=C(CCCC1CCCC1)N1C[C@H]2CNC[C@H]2C1. The summed E-state index contributed by atoms with van der Waals surface area (Å²) in [5, 5.41) is 3.43. The van der Waals surface area contributed by atoms with E-state index in [1.165, 1.54) is 32.1 Å². The fourth-order valence-corrected chi connectivity index (χ4v) is 4.06. The summed E-state index contributed by atoms with van der Waals surface area (Å²) >= 11 is 0. The van der Waals surface area contributed by atoms with Crippen LogP contribution in [0.3, 0.4) is 0 Å². The highest BCUT2D eigenvalue weighted by molar-refractivity contribution is 5.85. The molecule has 3 nitrogen and oxygen atoms in total. The Hall–Kier alpha value is -0.280. The second-order valence-electron chi connectivity index (χ2n) is 6.52. The zero-order valence-corrected chi connectivity index (χ0v) is 12.6. The number of carbonyl (C=O) groups is 1. The van der Waals surface area contributed by atoms with Gasteiger partial charge < -0.3 is 10.2 Å². The Morgan fingerprint density at radius 1 is 1.11 bits per heavy atom. The predicted molar refractivity (Wildman–Crippen MR) is 79.5 cm³/mol. The fraction of sp³-hybridized carbons (Fsp3) is 0.933. The zero-order valence-electron chi connectivity index (χ0n) is 11.8. The van der Waals surface area contributed by atoms with Crippen LogP contribution in [-0.2, 0) is 4.79 Å². The molecule has 2 heterocycles. The van der Waals surface area contributed by atoms with E-state index in [0.717, 1.165) is 56.8 Å². The van der Waals surface area contributed by atoms with Gasteiger partial charge in [0.05, 0.1) is 0 Å². The highest BCUT2D eigenvalue weighted by atomic mass is 35.5. The average molecular weight is 287 g/mol. The van der Waals surface area contributed by atoms with Gasteiger partial charge in [0.25, 0.3) is 0 Å². The normalized spacial score (nSPS) is 30.4. The molecule has 0 radical (unpaired) electrons. The van der Waals surface area contributed by atoms with Gasteiger partial charge in [-0.2, -0.15) is 0 Å². The third-order valence-corrected chi connectivity index (χ3v) is 5.22. The standard InChI is InChI=1S/C15H26N2O.ClH/c18-15(7-3-6-12-4-1-2-5-12)17-10-13-8-16-9-14(13)11-17;/h12-14,16H,1-11H2;1H/t13-,14+;. The molecular weight excluding hydrogens is 260 g/mol. The Kier molecular flexibility index (Phi) is 5.52. The molecule has 1 N–H and O–H groups in total. The summed E-state index contributed by atoms with van der Waals surface area (Å²) in [6.45, 7) is 4.27. The van der Waals surface area contributed by atoms with Gasteiger partial charge in [-0.05, 0) is 30.6 Å². The molecule has 2 atom stereocenters. The van der Waals surface area contributed by atoms with Gasteiger partial charge in [-0.25, -0.2) is 0 Å². The van der Waals surface area contributed by atoms with Gasteiger partial charge >= 0.3 is 0 Å². The van der Waals surface area contributed by atoms with Crippen LogP contribution in [0.2, 0.25) is 0 Å². The summed E-state index contributed by atoms with van der Waals surface area (Å²) in [6.07, 6.45) is 8.86. The minimum Gasteiger partial charge on any atom is -0.342 e. The number of hydrogen-bond donors (Lipinski definition) is 1. The van der Waals surface area contributed by atoms with E-state index in [4.69, 9.17) is 0 Å². The van der Waals surface area contributed by atoms with E-state index in [-0.39, 0.29) is 12.4 Å². The van der Waals surface area contributed by atoms with Crippen molar-refractivity contribution in [1.82, 2.24) is 10.2 Å². The van der Waals surface area contributed by atoms with Crippen LogP contribution < -0.4 is 5.32 Å². The minimum absolute atomic E-state index is 0. The molecule has 3 rings (SSSR count). The maximum absolute atomic E-state index is 12.2. The Balaban J connectivity index is 0.00000133. The maximum Gasteiger partial charge on any atom is 0.222 e. The number of nitrogens with zero attached hydrogens (tertiary/aromatic N) is 1. The lowest BCUT2D eigenvalue weighted by molar-refractivity contribution is -0.130. The van der Waals surface area contributed by atoms with E-state index in [1.807, 2.05) is 0 Å². The fourth-order valence-electron chi connectivity index (χ4n) is 4.06. The number of rotatable bonds is 4. The third-order valence-electron chi connectivity index (χ3n) is 5.22. The minimum atomic E-state index is 0. The van der Waals surface area contributed by atoms with Crippen LogP contribution in [0, 0.1) is 17.8 Å². The second kappa shape index (κ2) is 6.94. The van der Waals surface area contributed by atoms with E-state index in [1.54, 1.807) is 0 Å². The number of likely N-dealkylation sites (tertiary alicyclic amines) is 1. The molecule has 1 aliphatic carbocycles. The molecule has 4 heteroatoms. The average Bonchev–Trinajstić information content (AvgIpc) is 3.04. The van der Waals surface area contributed by atoms with Crippen molar-refractivity contribution < 1.29 is 4.79 Å². The molecule has 110 valence electrons. The van der Waals surface area contributed by atoms with E-state index in [2.05, 4.69) is 10.2 Å². The van der Waals surface area contributed by atoms with Crippen molar-refractivity contribution in [2.45, 2.75) is 44.9 Å². The van der Waals surface area contributed by atoms with Crippen LogP contribution in [0.1, 0.15) is 44.9 Å². The Bertz CT molecular complexity index is 293.